The maximum atomic E-state index is 11.3. The Morgan fingerprint density at radius 3 is 2.73 bits per heavy atom. The van der Waals surface area contributed by atoms with E-state index >= 15 is 0 Å². The third-order valence-corrected chi connectivity index (χ3v) is 2.92. The van der Waals surface area contributed by atoms with Crippen molar-refractivity contribution in [1.29, 1.82) is 0 Å². The summed E-state index contributed by atoms with van der Waals surface area (Å²) in [5.41, 5.74) is 1.27. The van der Waals surface area contributed by atoms with Crippen molar-refractivity contribution in [2.75, 3.05) is 12.3 Å². The van der Waals surface area contributed by atoms with Gasteiger partial charge in [-0.1, -0.05) is 37.3 Å². The third kappa shape index (κ3) is 5.47. The molecule has 0 saturated heterocycles. The lowest BCUT2D eigenvalue weighted by atomic mass is 10.2. The molecule has 1 amide bonds. The number of hydrogen-bond acceptors (Lipinski definition) is 2. The van der Waals surface area contributed by atoms with Gasteiger partial charge in [0.15, 0.2) is 0 Å². The van der Waals surface area contributed by atoms with Gasteiger partial charge in [-0.25, -0.2) is 0 Å². The Kier molecular flexibility index (Phi) is 5.93. The number of rotatable bonds is 6. The minimum atomic E-state index is 0.137. The molecule has 0 fully saturated rings. The fourth-order valence-corrected chi connectivity index (χ4v) is 1.97. The highest BCUT2D eigenvalue weighted by Crippen LogP contribution is 2.10. The zero-order valence-corrected chi connectivity index (χ0v) is 9.85. The van der Waals surface area contributed by atoms with E-state index in [0.717, 1.165) is 18.7 Å². The topological polar surface area (TPSA) is 29.1 Å². The molecule has 0 saturated carbocycles. The normalized spacial score (nSPS) is 9.93. The predicted octanol–water partition coefficient (Wildman–Crippen LogP) is 2.45. The molecule has 3 heteroatoms. The van der Waals surface area contributed by atoms with Crippen molar-refractivity contribution in [1.82, 2.24) is 5.32 Å². The van der Waals surface area contributed by atoms with E-state index in [9.17, 15) is 4.79 Å². The molecular weight excluding hydrogens is 206 g/mol. The smallest absolute Gasteiger partial charge is 0.230 e. The van der Waals surface area contributed by atoms with Gasteiger partial charge in [0, 0.05) is 12.3 Å². The molecule has 0 bridgehead atoms. The number of carbonyl (C=O) groups excluding carboxylic acids is 1. The van der Waals surface area contributed by atoms with E-state index in [4.69, 9.17) is 0 Å². The molecule has 0 aliphatic heterocycles. The maximum absolute atomic E-state index is 11.3. The Bertz CT molecular complexity index is 287. The van der Waals surface area contributed by atoms with Crippen molar-refractivity contribution in [2.45, 2.75) is 19.1 Å². The molecule has 1 aromatic rings. The van der Waals surface area contributed by atoms with E-state index < -0.39 is 0 Å². The van der Waals surface area contributed by atoms with Crippen molar-refractivity contribution in [3.05, 3.63) is 35.9 Å². The minimum Gasteiger partial charge on any atom is -0.355 e. The lowest BCUT2D eigenvalue weighted by Crippen LogP contribution is -2.25. The Morgan fingerprint density at radius 1 is 1.33 bits per heavy atom. The van der Waals surface area contributed by atoms with Crippen molar-refractivity contribution in [2.24, 2.45) is 0 Å². The summed E-state index contributed by atoms with van der Waals surface area (Å²) in [4.78, 5) is 11.3. The van der Waals surface area contributed by atoms with Crippen LogP contribution in [0.4, 0.5) is 0 Å². The lowest BCUT2D eigenvalue weighted by molar-refractivity contribution is -0.118. The van der Waals surface area contributed by atoms with E-state index in [1.165, 1.54) is 5.56 Å². The van der Waals surface area contributed by atoms with Gasteiger partial charge in [-0.3, -0.25) is 4.79 Å². The molecule has 1 rings (SSSR count). The fraction of sp³-hybridized carbons (Fsp3) is 0.417. The number of benzene rings is 1. The van der Waals surface area contributed by atoms with E-state index in [0.29, 0.717) is 5.75 Å². The van der Waals surface area contributed by atoms with Crippen LogP contribution in [-0.2, 0) is 10.5 Å². The van der Waals surface area contributed by atoms with Crippen LogP contribution in [0, 0.1) is 0 Å². The van der Waals surface area contributed by atoms with Gasteiger partial charge < -0.3 is 5.32 Å². The predicted molar refractivity (Wildman–Crippen MR) is 65.9 cm³/mol. The molecule has 1 N–H and O–H groups in total. The second-order valence-electron chi connectivity index (χ2n) is 3.33. The van der Waals surface area contributed by atoms with Crippen LogP contribution in [0.2, 0.25) is 0 Å². The first-order valence-corrected chi connectivity index (χ1v) is 6.36. The number of nitrogens with one attached hydrogen (secondary N) is 1. The number of carbonyl (C=O) groups is 1. The van der Waals surface area contributed by atoms with Crippen molar-refractivity contribution >= 4 is 17.7 Å². The highest BCUT2D eigenvalue weighted by Gasteiger charge is 1.99. The second-order valence-corrected chi connectivity index (χ2v) is 4.31. The molecule has 0 spiro atoms. The summed E-state index contributed by atoms with van der Waals surface area (Å²) in [5, 5.41) is 2.86. The number of amides is 1. The SMILES string of the molecule is CCCNC(=O)CSCc1ccccc1. The van der Waals surface area contributed by atoms with E-state index in [-0.39, 0.29) is 5.91 Å². The average molecular weight is 223 g/mol. The van der Waals surface area contributed by atoms with Crippen LogP contribution in [-0.4, -0.2) is 18.2 Å². The van der Waals surface area contributed by atoms with Crippen LogP contribution >= 0.6 is 11.8 Å². The van der Waals surface area contributed by atoms with Gasteiger partial charge in [-0.05, 0) is 12.0 Å². The second kappa shape index (κ2) is 7.35. The van der Waals surface area contributed by atoms with E-state index in [1.807, 2.05) is 18.2 Å². The quantitative estimate of drug-likeness (QED) is 0.802. The van der Waals surface area contributed by atoms with Crippen molar-refractivity contribution < 1.29 is 4.79 Å². The summed E-state index contributed by atoms with van der Waals surface area (Å²) >= 11 is 1.65. The van der Waals surface area contributed by atoms with Crippen molar-refractivity contribution in [3.8, 4) is 0 Å². The zero-order valence-electron chi connectivity index (χ0n) is 9.03. The first-order valence-electron chi connectivity index (χ1n) is 5.21. The Hall–Kier alpha value is -0.960. The molecule has 15 heavy (non-hydrogen) atoms. The summed E-state index contributed by atoms with van der Waals surface area (Å²) in [6, 6.07) is 10.2. The molecule has 0 aliphatic rings. The molecule has 0 aliphatic carbocycles. The highest BCUT2D eigenvalue weighted by molar-refractivity contribution is 7.99. The maximum Gasteiger partial charge on any atom is 0.230 e. The Balaban J connectivity index is 2.14. The van der Waals surface area contributed by atoms with Gasteiger partial charge in [-0.2, -0.15) is 0 Å². The van der Waals surface area contributed by atoms with Gasteiger partial charge in [0.25, 0.3) is 0 Å². The van der Waals surface area contributed by atoms with Crippen LogP contribution in [0.1, 0.15) is 18.9 Å². The van der Waals surface area contributed by atoms with Gasteiger partial charge in [0.1, 0.15) is 0 Å². The summed E-state index contributed by atoms with van der Waals surface area (Å²) in [6.45, 7) is 2.84. The Labute approximate surface area is 95.5 Å². The fourth-order valence-electron chi connectivity index (χ4n) is 1.15. The summed E-state index contributed by atoms with van der Waals surface area (Å²) in [6.07, 6.45) is 0.995. The molecular formula is C12H17NOS. The van der Waals surface area contributed by atoms with E-state index in [2.05, 4.69) is 24.4 Å². The standard InChI is InChI=1S/C12H17NOS/c1-2-8-13-12(14)10-15-9-11-6-4-3-5-7-11/h3-7H,2,8-10H2,1H3,(H,13,14). The molecule has 1 aromatic carbocycles. The van der Waals surface area contributed by atoms with Crippen LogP contribution in [0.3, 0.4) is 0 Å². The summed E-state index contributed by atoms with van der Waals surface area (Å²) < 4.78 is 0. The highest BCUT2D eigenvalue weighted by atomic mass is 32.2. The first kappa shape index (κ1) is 12.1. The monoisotopic (exact) mass is 223 g/mol. The largest absolute Gasteiger partial charge is 0.355 e. The van der Waals surface area contributed by atoms with Crippen LogP contribution in [0.25, 0.3) is 0 Å². The van der Waals surface area contributed by atoms with Crippen LogP contribution in [0.15, 0.2) is 30.3 Å². The molecule has 0 aromatic heterocycles. The molecule has 0 radical (unpaired) electrons. The molecule has 82 valence electrons. The number of thioether (sulfide) groups is 1. The number of hydrogen-bond donors (Lipinski definition) is 1. The van der Waals surface area contributed by atoms with Crippen LogP contribution in [0.5, 0.6) is 0 Å². The summed E-state index contributed by atoms with van der Waals surface area (Å²) in [7, 11) is 0. The van der Waals surface area contributed by atoms with E-state index in [1.54, 1.807) is 11.8 Å². The first-order chi connectivity index (χ1) is 7.33. The minimum absolute atomic E-state index is 0.137. The third-order valence-electron chi connectivity index (χ3n) is 1.92. The van der Waals surface area contributed by atoms with Gasteiger partial charge in [0.05, 0.1) is 5.75 Å². The average Bonchev–Trinajstić information content (AvgIpc) is 2.28. The summed E-state index contributed by atoms with van der Waals surface area (Å²) in [5.74, 6) is 1.59. The molecule has 0 heterocycles. The Morgan fingerprint density at radius 2 is 2.07 bits per heavy atom. The molecule has 0 atom stereocenters. The van der Waals surface area contributed by atoms with Gasteiger partial charge in [0.2, 0.25) is 5.91 Å². The lowest BCUT2D eigenvalue weighted by Gasteiger charge is -2.03. The zero-order chi connectivity index (χ0) is 10.9. The van der Waals surface area contributed by atoms with Crippen LogP contribution < -0.4 is 5.32 Å². The molecule has 2 nitrogen and oxygen atoms in total. The van der Waals surface area contributed by atoms with Crippen molar-refractivity contribution in [3.63, 3.8) is 0 Å². The van der Waals surface area contributed by atoms with Gasteiger partial charge in [-0.15, -0.1) is 11.8 Å². The van der Waals surface area contributed by atoms with Gasteiger partial charge >= 0.3 is 0 Å². The molecule has 0 unspecified atom stereocenters.